The number of hydrogen-bond donors (Lipinski definition) is 0. The van der Waals surface area contributed by atoms with Gasteiger partial charge in [-0.15, -0.1) is 0 Å². The number of fused-ring (bicyclic) bond motifs is 1. The largest absolute Gasteiger partial charge is 0.337 e. The zero-order chi connectivity index (χ0) is 16.5. The van der Waals surface area contributed by atoms with Gasteiger partial charge in [-0.25, -0.2) is 0 Å². The minimum absolute atomic E-state index is 0.0433. The van der Waals surface area contributed by atoms with Gasteiger partial charge in [-0.2, -0.15) is 0 Å². The van der Waals surface area contributed by atoms with Gasteiger partial charge in [0.1, 0.15) is 0 Å². The van der Waals surface area contributed by atoms with Gasteiger partial charge < -0.3 is 9.80 Å². The number of pyridine rings is 2. The highest BCUT2D eigenvalue weighted by Gasteiger charge is 2.44. The highest BCUT2D eigenvalue weighted by Crippen LogP contribution is 2.34. The third-order valence-corrected chi connectivity index (χ3v) is 4.90. The summed E-state index contributed by atoms with van der Waals surface area (Å²) in [6.07, 6.45) is 7.54. The fourth-order valence-corrected chi connectivity index (χ4v) is 3.66. The van der Waals surface area contributed by atoms with Crippen LogP contribution in [0.4, 0.5) is 5.69 Å². The number of piperidine rings is 1. The van der Waals surface area contributed by atoms with Crippen LogP contribution in [-0.2, 0) is 4.79 Å². The number of rotatable bonds is 2. The molecule has 4 rings (SSSR count). The summed E-state index contributed by atoms with van der Waals surface area (Å²) in [5.74, 6) is 0.171. The minimum Gasteiger partial charge on any atom is -0.337 e. The maximum absolute atomic E-state index is 12.9. The highest BCUT2D eigenvalue weighted by atomic mass is 16.2. The number of hydrogen-bond acceptors (Lipinski definition) is 4. The molecule has 2 atom stereocenters. The maximum atomic E-state index is 12.9. The van der Waals surface area contributed by atoms with Crippen molar-refractivity contribution < 1.29 is 9.59 Å². The molecule has 2 aliphatic rings. The van der Waals surface area contributed by atoms with Gasteiger partial charge in [-0.3, -0.25) is 19.6 Å². The number of likely N-dealkylation sites (tertiary alicyclic amines) is 1. The van der Waals surface area contributed by atoms with Crippen LogP contribution in [0.3, 0.4) is 0 Å². The summed E-state index contributed by atoms with van der Waals surface area (Å²) in [4.78, 5) is 37.1. The normalized spacial score (nSPS) is 23.2. The predicted molar refractivity (Wildman–Crippen MR) is 88.3 cm³/mol. The van der Waals surface area contributed by atoms with E-state index in [0.29, 0.717) is 25.2 Å². The molecule has 24 heavy (non-hydrogen) atoms. The quantitative estimate of drug-likeness (QED) is 0.842. The average Bonchev–Trinajstić information content (AvgIpc) is 3.08. The topological polar surface area (TPSA) is 66.4 Å². The molecule has 0 saturated carbocycles. The Bertz CT molecular complexity index is 750. The van der Waals surface area contributed by atoms with Crippen molar-refractivity contribution in [3.05, 3.63) is 54.6 Å². The number of carbonyl (C=O) groups excluding carboxylic acids is 2. The van der Waals surface area contributed by atoms with Gasteiger partial charge in [0.2, 0.25) is 5.91 Å². The first-order valence-corrected chi connectivity index (χ1v) is 8.15. The summed E-state index contributed by atoms with van der Waals surface area (Å²) < 4.78 is 0. The van der Waals surface area contributed by atoms with Crippen LogP contribution in [0.2, 0.25) is 0 Å². The third kappa shape index (κ3) is 2.54. The maximum Gasteiger partial charge on any atom is 0.255 e. The Balaban J connectivity index is 1.51. The Hall–Kier alpha value is -2.76. The predicted octanol–water partition coefficient (Wildman–Crippen LogP) is 1.60. The molecule has 122 valence electrons. The standard InChI is InChI=1S/C18H18N4O2/c23-17(13-3-1-6-19-9-13)21-11-14-5-8-22(18(24)16(14)12-21)15-4-2-7-20-10-15/h1-4,6-7,9-10,14,16H,5,8,11-12H2. The lowest BCUT2D eigenvalue weighted by atomic mass is 9.88. The van der Waals surface area contributed by atoms with Gasteiger partial charge in [0.25, 0.3) is 5.91 Å². The van der Waals surface area contributed by atoms with E-state index in [-0.39, 0.29) is 23.7 Å². The lowest BCUT2D eigenvalue weighted by Gasteiger charge is -2.33. The Labute approximate surface area is 140 Å². The van der Waals surface area contributed by atoms with Crippen molar-refractivity contribution in [2.24, 2.45) is 11.8 Å². The summed E-state index contributed by atoms with van der Waals surface area (Å²) in [5.41, 5.74) is 1.41. The first-order valence-electron chi connectivity index (χ1n) is 8.15. The van der Waals surface area contributed by atoms with E-state index in [4.69, 9.17) is 0 Å². The molecule has 0 bridgehead atoms. The second-order valence-corrected chi connectivity index (χ2v) is 6.31. The molecular formula is C18H18N4O2. The molecule has 0 radical (unpaired) electrons. The molecule has 0 N–H and O–H groups in total. The van der Waals surface area contributed by atoms with Gasteiger partial charge in [-0.1, -0.05) is 0 Å². The molecule has 2 aromatic heterocycles. The van der Waals surface area contributed by atoms with Crippen LogP contribution in [0.1, 0.15) is 16.8 Å². The van der Waals surface area contributed by atoms with E-state index in [1.54, 1.807) is 46.7 Å². The van der Waals surface area contributed by atoms with E-state index in [9.17, 15) is 9.59 Å². The molecule has 2 unspecified atom stereocenters. The van der Waals surface area contributed by atoms with E-state index in [2.05, 4.69) is 9.97 Å². The van der Waals surface area contributed by atoms with Crippen LogP contribution in [0.5, 0.6) is 0 Å². The molecule has 0 spiro atoms. The molecule has 6 nitrogen and oxygen atoms in total. The van der Waals surface area contributed by atoms with Crippen LogP contribution in [0.25, 0.3) is 0 Å². The molecule has 2 aliphatic heterocycles. The van der Waals surface area contributed by atoms with Gasteiger partial charge >= 0.3 is 0 Å². The Morgan fingerprint density at radius 1 is 1.08 bits per heavy atom. The van der Waals surface area contributed by atoms with Crippen molar-refractivity contribution >= 4 is 17.5 Å². The summed E-state index contributed by atoms with van der Waals surface area (Å²) in [5, 5.41) is 0. The van der Waals surface area contributed by atoms with E-state index in [1.165, 1.54) is 0 Å². The van der Waals surface area contributed by atoms with E-state index >= 15 is 0 Å². The van der Waals surface area contributed by atoms with Crippen molar-refractivity contribution in [2.75, 3.05) is 24.5 Å². The zero-order valence-corrected chi connectivity index (χ0v) is 13.2. The lowest BCUT2D eigenvalue weighted by Crippen LogP contribution is -2.45. The van der Waals surface area contributed by atoms with Crippen LogP contribution in [0, 0.1) is 11.8 Å². The van der Waals surface area contributed by atoms with Gasteiger partial charge in [0, 0.05) is 38.2 Å². The second-order valence-electron chi connectivity index (χ2n) is 6.31. The molecule has 2 fully saturated rings. The SMILES string of the molecule is O=C(c1cccnc1)N1CC2CCN(c3cccnc3)C(=O)C2C1. The molecule has 6 heteroatoms. The number of aromatic nitrogens is 2. The third-order valence-electron chi connectivity index (χ3n) is 4.90. The number of amides is 2. The Morgan fingerprint density at radius 3 is 2.58 bits per heavy atom. The van der Waals surface area contributed by atoms with Crippen LogP contribution in [-0.4, -0.2) is 46.3 Å². The van der Waals surface area contributed by atoms with Gasteiger partial charge in [0.05, 0.1) is 23.4 Å². The smallest absolute Gasteiger partial charge is 0.255 e. The van der Waals surface area contributed by atoms with E-state index < -0.39 is 0 Å². The van der Waals surface area contributed by atoms with Crippen molar-refractivity contribution in [1.82, 2.24) is 14.9 Å². The summed E-state index contributed by atoms with van der Waals surface area (Å²) in [6, 6.07) is 7.26. The van der Waals surface area contributed by atoms with Crippen molar-refractivity contribution in [3.63, 3.8) is 0 Å². The fourth-order valence-electron chi connectivity index (χ4n) is 3.66. The molecule has 0 aromatic carbocycles. The number of carbonyl (C=O) groups is 2. The van der Waals surface area contributed by atoms with E-state index in [1.807, 2.05) is 12.1 Å². The summed E-state index contributed by atoms with van der Waals surface area (Å²) >= 11 is 0. The monoisotopic (exact) mass is 322 g/mol. The van der Waals surface area contributed by atoms with Gasteiger partial charge in [0.15, 0.2) is 0 Å². The van der Waals surface area contributed by atoms with Crippen LogP contribution < -0.4 is 4.90 Å². The Morgan fingerprint density at radius 2 is 1.88 bits per heavy atom. The zero-order valence-electron chi connectivity index (χ0n) is 13.2. The number of anilines is 1. The first-order chi connectivity index (χ1) is 11.7. The van der Waals surface area contributed by atoms with Crippen molar-refractivity contribution in [2.45, 2.75) is 6.42 Å². The second kappa shape index (κ2) is 6.03. The minimum atomic E-state index is -0.125. The van der Waals surface area contributed by atoms with E-state index in [0.717, 1.165) is 12.1 Å². The van der Waals surface area contributed by atoms with Gasteiger partial charge in [-0.05, 0) is 36.6 Å². The van der Waals surface area contributed by atoms with Crippen molar-refractivity contribution in [1.29, 1.82) is 0 Å². The number of nitrogens with zero attached hydrogens (tertiary/aromatic N) is 4. The molecule has 2 saturated heterocycles. The average molecular weight is 322 g/mol. The first kappa shape index (κ1) is 14.8. The fraction of sp³-hybridized carbons (Fsp3) is 0.333. The molecule has 2 amide bonds. The molecular weight excluding hydrogens is 304 g/mol. The van der Waals surface area contributed by atoms with Crippen molar-refractivity contribution in [3.8, 4) is 0 Å². The lowest BCUT2D eigenvalue weighted by molar-refractivity contribution is -0.124. The van der Waals surface area contributed by atoms with Crippen LogP contribution >= 0.6 is 0 Å². The summed E-state index contributed by atoms with van der Waals surface area (Å²) in [6.45, 7) is 1.81. The van der Waals surface area contributed by atoms with Crippen LogP contribution in [0.15, 0.2) is 49.1 Å². The molecule has 4 heterocycles. The highest BCUT2D eigenvalue weighted by molar-refractivity contribution is 5.98. The molecule has 2 aromatic rings. The summed E-state index contributed by atoms with van der Waals surface area (Å²) in [7, 11) is 0. The molecule has 0 aliphatic carbocycles. The Kier molecular flexibility index (Phi) is 3.72.